The van der Waals surface area contributed by atoms with Crippen molar-refractivity contribution in [1.82, 2.24) is 9.55 Å². The Balaban J connectivity index is 1.57. The molecule has 1 heterocycles. The fourth-order valence-electron chi connectivity index (χ4n) is 1.92. The summed E-state index contributed by atoms with van der Waals surface area (Å²) < 4.78 is 2.15. The summed E-state index contributed by atoms with van der Waals surface area (Å²) in [5.74, 6) is 0.253. The van der Waals surface area contributed by atoms with E-state index in [4.69, 9.17) is 11.6 Å². The molecule has 1 saturated carbocycles. The highest BCUT2D eigenvalue weighted by molar-refractivity contribution is 7.99. The molecule has 3 rings (SSSR count). The fraction of sp³-hybridized carbons (Fsp3) is 0.286. The second kappa shape index (κ2) is 5.89. The maximum atomic E-state index is 11.9. The number of nitrogens with one attached hydrogen (secondary N) is 1. The molecule has 1 aliphatic carbocycles. The van der Waals surface area contributed by atoms with Crippen molar-refractivity contribution < 1.29 is 4.79 Å². The Morgan fingerprint density at radius 2 is 2.25 bits per heavy atom. The summed E-state index contributed by atoms with van der Waals surface area (Å²) >= 11 is 7.46. The molecule has 0 radical (unpaired) electrons. The first kappa shape index (κ1) is 13.5. The van der Waals surface area contributed by atoms with Crippen molar-refractivity contribution in [3.8, 4) is 0 Å². The van der Waals surface area contributed by atoms with Crippen LogP contribution < -0.4 is 5.32 Å². The average Bonchev–Trinajstić information content (AvgIpc) is 3.18. The van der Waals surface area contributed by atoms with E-state index >= 15 is 0 Å². The molecule has 1 N–H and O–H groups in total. The minimum atomic E-state index is -0.0755. The van der Waals surface area contributed by atoms with Gasteiger partial charge < -0.3 is 9.88 Å². The zero-order valence-electron chi connectivity index (χ0n) is 10.8. The highest BCUT2D eigenvalue weighted by Crippen LogP contribution is 2.37. The van der Waals surface area contributed by atoms with Gasteiger partial charge in [0, 0.05) is 18.4 Å². The van der Waals surface area contributed by atoms with Crippen molar-refractivity contribution in [3.63, 3.8) is 0 Å². The van der Waals surface area contributed by atoms with E-state index in [2.05, 4.69) is 14.9 Å². The van der Waals surface area contributed by atoms with Gasteiger partial charge in [-0.15, -0.1) is 0 Å². The smallest absolute Gasteiger partial charge is 0.234 e. The molecule has 4 nitrogen and oxygen atoms in total. The van der Waals surface area contributed by atoms with Crippen molar-refractivity contribution in [2.24, 2.45) is 0 Å². The van der Waals surface area contributed by atoms with E-state index in [1.54, 1.807) is 18.3 Å². The van der Waals surface area contributed by atoms with Gasteiger partial charge in [-0.3, -0.25) is 4.79 Å². The van der Waals surface area contributed by atoms with E-state index < -0.39 is 0 Å². The topological polar surface area (TPSA) is 46.9 Å². The SMILES string of the molecule is O=C(CSc1nccn1C1CC1)Nc1ccccc1Cl. The van der Waals surface area contributed by atoms with E-state index in [1.807, 2.05) is 18.3 Å². The van der Waals surface area contributed by atoms with Gasteiger partial charge in [-0.25, -0.2) is 4.98 Å². The molecule has 104 valence electrons. The normalized spacial score (nSPS) is 14.2. The molecule has 0 spiro atoms. The number of aromatic nitrogens is 2. The quantitative estimate of drug-likeness (QED) is 0.859. The Hall–Kier alpha value is -1.46. The predicted octanol–water partition coefficient (Wildman–Crippen LogP) is 3.60. The van der Waals surface area contributed by atoms with Crippen LogP contribution in [0.5, 0.6) is 0 Å². The van der Waals surface area contributed by atoms with Crippen molar-refractivity contribution in [2.75, 3.05) is 11.1 Å². The standard InChI is InChI=1S/C14H14ClN3OS/c15-11-3-1-2-4-12(11)17-13(19)9-20-14-16-7-8-18(14)10-5-6-10/h1-4,7-8,10H,5-6,9H2,(H,17,19). The number of imidazole rings is 1. The molecule has 6 heteroatoms. The Kier molecular flexibility index (Phi) is 3.98. The third kappa shape index (κ3) is 3.16. The number of anilines is 1. The number of amides is 1. The van der Waals surface area contributed by atoms with Gasteiger partial charge in [0.15, 0.2) is 5.16 Å². The lowest BCUT2D eigenvalue weighted by Crippen LogP contribution is -2.14. The van der Waals surface area contributed by atoms with Gasteiger partial charge >= 0.3 is 0 Å². The lowest BCUT2D eigenvalue weighted by molar-refractivity contribution is -0.113. The number of rotatable bonds is 5. The monoisotopic (exact) mass is 307 g/mol. The second-order valence-electron chi connectivity index (χ2n) is 4.66. The van der Waals surface area contributed by atoms with Crippen molar-refractivity contribution in [2.45, 2.75) is 24.0 Å². The summed E-state index contributed by atoms with van der Waals surface area (Å²) in [5.41, 5.74) is 0.644. The molecule has 1 fully saturated rings. The molecular weight excluding hydrogens is 294 g/mol. The van der Waals surface area contributed by atoms with E-state index in [1.165, 1.54) is 24.6 Å². The molecule has 2 aromatic rings. The van der Waals surface area contributed by atoms with Crippen LogP contribution in [0.3, 0.4) is 0 Å². The fourth-order valence-corrected chi connectivity index (χ4v) is 2.93. The zero-order chi connectivity index (χ0) is 13.9. The molecule has 1 aromatic carbocycles. The lowest BCUT2D eigenvalue weighted by atomic mass is 10.3. The van der Waals surface area contributed by atoms with Crippen LogP contribution in [0.25, 0.3) is 0 Å². The summed E-state index contributed by atoms with van der Waals surface area (Å²) in [7, 11) is 0. The molecule has 20 heavy (non-hydrogen) atoms. The van der Waals surface area contributed by atoms with Gasteiger partial charge in [0.2, 0.25) is 5.91 Å². The predicted molar refractivity (Wildman–Crippen MR) is 81.3 cm³/mol. The van der Waals surface area contributed by atoms with Crippen LogP contribution in [0, 0.1) is 0 Å². The summed E-state index contributed by atoms with van der Waals surface area (Å²) in [5, 5.41) is 4.26. The third-order valence-corrected chi connectivity index (χ3v) is 4.36. The van der Waals surface area contributed by atoms with Crippen LogP contribution in [-0.4, -0.2) is 21.2 Å². The van der Waals surface area contributed by atoms with E-state index in [0.29, 0.717) is 22.5 Å². The minimum absolute atomic E-state index is 0.0755. The number of para-hydroxylation sites is 1. The van der Waals surface area contributed by atoms with Gasteiger partial charge in [-0.2, -0.15) is 0 Å². The molecule has 1 amide bonds. The Morgan fingerprint density at radius 1 is 1.45 bits per heavy atom. The zero-order valence-corrected chi connectivity index (χ0v) is 12.3. The molecule has 0 bridgehead atoms. The first-order valence-corrected chi connectivity index (χ1v) is 7.80. The molecular formula is C14H14ClN3OS. The lowest BCUT2D eigenvalue weighted by Gasteiger charge is -2.07. The molecule has 0 saturated heterocycles. The van der Waals surface area contributed by atoms with E-state index in [9.17, 15) is 4.79 Å². The number of nitrogens with zero attached hydrogens (tertiary/aromatic N) is 2. The van der Waals surface area contributed by atoms with Crippen LogP contribution in [-0.2, 0) is 4.79 Å². The largest absolute Gasteiger partial charge is 0.324 e. The number of halogens is 1. The minimum Gasteiger partial charge on any atom is -0.324 e. The molecule has 1 aromatic heterocycles. The van der Waals surface area contributed by atoms with Gasteiger partial charge in [0.25, 0.3) is 0 Å². The van der Waals surface area contributed by atoms with Crippen LogP contribution in [0.2, 0.25) is 5.02 Å². The van der Waals surface area contributed by atoms with Crippen LogP contribution >= 0.6 is 23.4 Å². The summed E-state index contributed by atoms with van der Waals surface area (Å²) in [6, 6.07) is 7.79. The van der Waals surface area contributed by atoms with E-state index in [0.717, 1.165) is 5.16 Å². The number of carbonyl (C=O) groups is 1. The molecule has 0 atom stereocenters. The third-order valence-electron chi connectivity index (χ3n) is 3.05. The van der Waals surface area contributed by atoms with Crippen LogP contribution in [0.1, 0.15) is 18.9 Å². The van der Waals surface area contributed by atoms with Gasteiger partial charge in [0.05, 0.1) is 16.5 Å². The number of hydrogen-bond donors (Lipinski definition) is 1. The Morgan fingerprint density at radius 3 is 3.00 bits per heavy atom. The summed E-state index contributed by atoms with van der Waals surface area (Å²) in [6.45, 7) is 0. The number of thioether (sulfide) groups is 1. The molecule has 0 aliphatic heterocycles. The average molecular weight is 308 g/mol. The Bertz CT molecular complexity index is 624. The maximum Gasteiger partial charge on any atom is 0.234 e. The molecule has 0 unspecified atom stereocenters. The number of carbonyl (C=O) groups excluding carboxylic acids is 1. The maximum absolute atomic E-state index is 11.9. The first-order chi connectivity index (χ1) is 9.74. The van der Waals surface area contributed by atoms with E-state index in [-0.39, 0.29) is 5.91 Å². The Labute approximate surface area is 126 Å². The van der Waals surface area contributed by atoms with Crippen molar-refractivity contribution >= 4 is 35.0 Å². The van der Waals surface area contributed by atoms with Gasteiger partial charge in [-0.05, 0) is 25.0 Å². The van der Waals surface area contributed by atoms with Crippen molar-refractivity contribution in [1.29, 1.82) is 0 Å². The number of hydrogen-bond acceptors (Lipinski definition) is 3. The van der Waals surface area contributed by atoms with Crippen molar-refractivity contribution in [3.05, 3.63) is 41.7 Å². The second-order valence-corrected chi connectivity index (χ2v) is 6.01. The molecule has 1 aliphatic rings. The van der Waals surface area contributed by atoms with Gasteiger partial charge in [-0.1, -0.05) is 35.5 Å². The summed E-state index contributed by atoms with van der Waals surface area (Å²) in [6.07, 6.45) is 6.17. The van der Waals surface area contributed by atoms with Crippen LogP contribution in [0.15, 0.2) is 41.8 Å². The number of benzene rings is 1. The highest BCUT2D eigenvalue weighted by Gasteiger charge is 2.25. The first-order valence-electron chi connectivity index (χ1n) is 6.44. The van der Waals surface area contributed by atoms with Gasteiger partial charge in [0.1, 0.15) is 0 Å². The highest BCUT2D eigenvalue weighted by atomic mass is 35.5. The summed E-state index contributed by atoms with van der Waals surface area (Å²) in [4.78, 5) is 16.2. The van der Waals surface area contributed by atoms with Crippen LogP contribution in [0.4, 0.5) is 5.69 Å².